The zero-order chi connectivity index (χ0) is 54.1. The monoisotopic (exact) mass is 1340 g/mol. The van der Waals surface area contributed by atoms with Gasteiger partial charge in [0, 0.05) is 7.11 Å². The van der Waals surface area contributed by atoms with Crippen molar-refractivity contribution in [1.82, 2.24) is 9.44 Å². The van der Waals surface area contributed by atoms with Gasteiger partial charge < -0.3 is 105 Å². The molecule has 18 atom stereocenters. The molecule has 0 unspecified atom stereocenters. The van der Waals surface area contributed by atoms with Gasteiger partial charge in [0.2, 0.25) is 47.9 Å². The minimum absolute atomic E-state index is 0. The van der Waals surface area contributed by atoms with Crippen LogP contribution in [-0.4, -0.2) is 241 Å². The van der Waals surface area contributed by atoms with Crippen LogP contribution in [0.25, 0.3) is 0 Å². The molecule has 0 bridgehead atoms. The van der Waals surface area contributed by atoms with E-state index < -0.39 is 204 Å². The first kappa shape index (κ1) is 93.0. The van der Waals surface area contributed by atoms with Gasteiger partial charge in [-0.1, -0.05) is 0 Å². The third-order valence-corrected chi connectivity index (χ3v) is 12.2. The molecular formula is C25H32N2Na8O38S6. The average molecular weight is 1340 g/mol. The van der Waals surface area contributed by atoms with Crippen LogP contribution in [0.4, 0.5) is 0 Å². The number of aliphatic carboxylic acids is 2. The Morgan fingerprint density at radius 1 is 0.519 bits per heavy atom. The Morgan fingerprint density at radius 2 is 0.937 bits per heavy atom. The number of carbonyl (C=O) groups is 2. The Morgan fingerprint density at radius 3 is 1.35 bits per heavy atom. The molecule has 0 saturated carbocycles. The summed E-state index contributed by atoms with van der Waals surface area (Å²) in [5, 5.41) is 67.4. The number of hydrogen-bond acceptors (Lipinski definition) is 38. The molecule has 0 aromatic rings. The first-order chi connectivity index (χ1) is 32.2. The van der Waals surface area contributed by atoms with Gasteiger partial charge in [-0.2, -0.15) is 0 Å². The van der Waals surface area contributed by atoms with Gasteiger partial charge in [0.1, 0.15) is 91.0 Å². The Labute approximate surface area is 625 Å². The maximum absolute atomic E-state index is 12.6. The maximum Gasteiger partial charge on any atom is 1.00 e. The van der Waals surface area contributed by atoms with Gasteiger partial charge in [0.25, 0.3) is 0 Å². The molecule has 4 rings (SSSR count). The summed E-state index contributed by atoms with van der Waals surface area (Å²) < 4.78 is 272. The normalized spacial score (nSPS) is 33.1. The van der Waals surface area contributed by atoms with Crippen LogP contribution in [-0.2, 0) is 126 Å². The molecule has 54 heteroatoms. The molecule has 4 heterocycles. The van der Waals surface area contributed by atoms with Gasteiger partial charge in [0.15, 0.2) is 45.6 Å². The number of aliphatic hydroxyl groups excluding tert-OH is 4. The molecule has 79 heavy (non-hydrogen) atoms. The van der Waals surface area contributed by atoms with Gasteiger partial charge in [-0.15, -0.1) is 0 Å². The summed E-state index contributed by atoms with van der Waals surface area (Å²) in [6.45, 7) is -3.52. The molecule has 0 aromatic carbocycles. The molecule has 0 amide bonds. The molecule has 3 fully saturated rings. The van der Waals surface area contributed by atoms with E-state index in [0.29, 0.717) is 0 Å². The first-order valence-corrected chi connectivity index (χ1v) is 26.3. The van der Waals surface area contributed by atoms with Crippen LogP contribution in [0.15, 0.2) is 11.8 Å². The van der Waals surface area contributed by atoms with E-state index in [2.05, 4.69) is 16.7 Å². The van der Waals surface area contributed by atoms with E-state index in [9.17, 15) is 118 Å². The molecule has 4 aliphatic rings. The van der Waals surface area contributed by atoms with E-state index in [1.807, 2.05) is 0 Å². The van der Waals surface area contributed by atoms with E-state index >= 15 is 0 Å². The second-order valence-electron chi connectivity index (χ2n) is 14.2. The summed E-state index contributed by atoms with van der Waals surface area (Å²) >= 11 is 0. The van der Waals surface area contributed by atoms with Crippen LogP contribution in [0.1, 0.15) is 0 Å². The van der Waals surface area contributed by atoms with Crippen molar-refractivity contribution in [2.45, 2.75) is 110 Å². The predicted octanol–water partition coefficient (Wildman–Crippen LogP) is -38.3. The number of hydrogen-bond donors (Lipinski definition) is 6. The van der Waals surface area contributed by atoms with Crippen molar-refractivity contribution in [2.75, 3.05) is 20.3 Å². The number of methoxy groups -OCH3 is 1. The summed E-state index contributed by atoms with van der Waals surface area (Å²) in [5.41, 5.74) is 0. The second kappa shape index (κ2) is 38.3. The van der Waals surface area contributed by atoms with Crippen LogP contribution >= 0.6 is 0 Å². The minimum Gasteiger partial charge on any atom is -0.735 e. The quantitative estimate of drug-likeness (QED) is 0.0314. The fraction of sp³-hybridized carbons (Fsp3) is 0.840. The van der Waals surface area contributed by atoms with E-state index in [-0.39, 0.29) is 243 Å². The van der Waals surface area contributed by atoms with Crippen LogP contribution in [0.5, 0.6) is 0 Å². The van der Waals surface area contributed by atoms with E-state index in [1.54, 1.807) is 0 Å². The van der Waals surface area contributed by atoms with Gasteiger partial charge in [-0.3, -0.25) is 16.7 Å². The zero-order valence-electron chi connectivity index (χ0n) is 42.0. The molecule has 0 spiro atoms. The Bertz CT molecular complexity index is 2670. The van der Waals surface area contributed by atoms with Gasteiger partial charge >= 0.3 is 236 Å². The fourth-order valence-electron chi connectivity index (χ4n) is 6.73. The van der Waals surface area contributed by atoms with Crippen LogP contribution < -0.4 is 256 Å². The summed E-state index contributed by atoms with van der Waals surface area (Å²) in [7, 11) is -35.7. The van der Waals surface area contributed by atoms with E-state index in [0.717, 1.165) is 11.8 Å². The number of carboxylic acid groups (broad SMARTS) is 2. The fourth-order valence-corrected chi connectivity index (χ4v) is 9.47. The van der Waals surface area contributed by atoms with Crippen LogP contribution in [0.3, 0.4) is 0 Å². The van der Waals surface area contributed by atoms with Crippen molar-refractivity contribution in [3.05, 3.63) is 11.8 Å². The zero-order valence-corrected chi connectivity index (χ0v) is 62.9. The van der Waals surface area contributed by atoms with Crippen molar-refractivity contribution in [3.8, 4) is 0 Å². The van der Waals surface area contributed by atoms with Gasteiger partial charge in [0.05, 0.1) is 19.2 Å². The van der Waals surface area contributed by atoms with Crippen molar-refractivity contribution >= 4 is 74.1 Å². The Hall–Kier alpha value is 5.26. The first-order valence-electron chi connectivity index (χ1n) is 18.1. The number of carboxylic acids is 2. The largest absolute Gasteiger partial charge is 1.00 e. The molecule has 414 valence electrons. The maximum atomic E-state index is 12.6. The summed E-state index contributed by atoms with van der Waals surface area (Å²) in [6.07, 6.45) is -45.5. The van der Waals surface area contributed by atoms with Crippen molar-refractivity contribution in [2.24, 2.45) is 0 Å². The molecule has 3 saturated heterocycles. The number of carbonyl (C=O) groups excluding carboxylic acids is 2. The third-order valence-electron chi connectivity index (χ3n) is 9.35. The van der Waals surface area contributed by atoms with Gasteiger partial charge in [-0.05, 0) is 6.08 Å². The third kappa shape index (κ3) is 30.1. The van der Waals surface area contributed by atoms with Crippen molar-refractivity contribution in [3.63, 3.8) is 0 Å². The molecule has 0 aliphatic carbocycles. The van der Waals surface area contributed by atoms with E-state index in [4.69, 9.17) is 37.9 Å². The van der Waals surface area contributed by atoms with E-state index in [1.165, 1.54) is 4.72 Å². The molecule has 4 aliphatic heterocycles. The summed E-state index contributed by atoms with van der Waals surface area (Å²) in [4.78, 5) is 24.1. The van der Waals surface area contributed by atoms with Crippen molar-refractivity contribution in [1.29, 1.82) is 0 Å². The molecule has 40 nitrogen and oxygen atoms in total. The number of rotatable bonds is 23. The SMILES string of the molecule is CO[C@H]1O[C@H](COS(=O)(=O)[O-])[C@@H](O[C@@H]2O[C@@H](C(=O)[O-])[C@@H](O[C@H]3O[C@H](COS(=O)(=O)[O-])[C@@H](O[C@@H]4OC(C(=O)[O-])=C[C@H](O)[C@H]4O)[C@H](OS(=O)(=O)[O-])[C@H]3NS(=O)(=O)[O-])[C@H](O)[C@H]2OS(=O)(=O)[O-])[C@H](O)[C@H]1NS(=O)(=O)[O-].[Na+].[Na+].[Na+].[Na+].[Na+].[Na+].[Na+].[Na+]. The summed E-state index contributed by atoms with van der Waals surface area (Å²) in [6, 6.07) is -5.57. The van der Waals surface area contributed by atoms with Crippen molar-refractivity contribution < 1.29 is 409 Å². The van der Waals surface area contributed by atoms with Crippen LogP contribution in [0, 0.1) is 0 Å². The second-order valence-corrected chi connectivity index (χ2v) is 20.6. The number of aliphatic hydroxyl groups is 4. The minimum atomic E-state index is -6.42. The van der Waals surface area contributed by atoms with Crippen LogP contribution in [0.2, 0.25) is 0 Å². The molecular weight excluding hydrogens is 1310 g/mol. The van der Waals surface area contributed by atoms with Gasteiger partial charge in [-0.25, -0.2) is 60.0 Å². The average Bonchev–Trinajstić information content (AvgIpc) is 3.18. The molecule has 0 radical (unpaired) electrons. The standard InChI is InChI=1S/C25H40N2O38S6.8Na/c1-54-22-9(26-66(36,37)38)12(30)14(7(58-22)3-55-68(42,43)44)60-25-18(65-71(51,52)53)13(31)17(19(63-25)21(34)35)62-23-10(27-67(39,40)41)16(64-70(48,49)50)15(8(59-23)4-56-69(45,46)47)61-24-11(29)5(28)2-6(57-24)20(32)33;;;;;;;;/h2,5,7-19,22-31H,3-4H2,1H3,(H,32,33)(H,34,35)(H,36,37,38)(H,39,40,41)(H,42,43,44)(H,45,46,47)(H,48,49,50)(H,51,52,53);;;;;;;;/q;8*+1/p-8/t5-,7+,8+,9+,10+,11+,12+,13-,14+,15+,16+,17-,18+,19+,22-,23+,24-,25+;;;;;;;;/m0......../s1. The molecule has 6 N–H and O–H groups in total. The predicted molar refractivity (Wildman–Crippen MR) is 188 cm³/mol. The summed E-state index contributed by atoms with van der Waals surface area (Å²) in [5.74, 6) is -6.38. The molecule has 0 aromatic heterocycles. The smallest absolute Gasteiger partial charge is 0.735 e. The Balaban J connectivity index is -0.00000228. The Kier molecular flexibility index (Phi) is 45.1. The topological polar surface area (TPSA) is 639 Å². The number of ether oxygens (including phenoxy) is 8. The number of nitrogens with one attached hydrogen (secondary N) is 2.